The average Bonchev–Trinajstić information content (AvgIpc) is 2.00. The van der Waals surface area contributed by atoms with Crippen molar-refractivity contribution in [3.05, 3.63) is 0 Å². The van der Waals surface area contributed by atoms with Crippen LogP contribution in [0, 0.1) is 5.92 Å². The average molecular weight is 199 g/mol. The van der Waals surface area contributed by atoms with Gasteiger partial charge in [0.05, 0.1) is 12.5 Å². The van der Waals surface area contributed by atoms with Gasteiger partial charge < -0.3 is 16.8 Å². The molecule has 0 aliphatic heterocycles. The van der Waals surface area contributed by atoms with E-state index in [0.29, 0.717) is 5.92 Å². The van der Waals surface area contributed by atoms with Crippen molar-refractivity contribution in [1.82, 2.24) is 5.32 Å². The molecule has 0 aromatic rings. The lowest BCUT2D eigenvalue weighted by Gasteiger charge is -2.33. The number of hydrogen-bond donors (Lipinski definition) is 3. The zero-order valence-electron chi connectivity index (χ0n) is 8.32. The van der Waals surface area contributed by atoms with E-state index in [0.717, 1.165) is 12.8 Å². The molecule has 0 heterocycles. The van der Waals surface area contributed by atoms with Gasteiger partial charge in [-0.3, -0.25) is 9.59 Å². The van der Waals surface area contributed by atoms with Crippen molar-refractivity contribution in [2.24, 2.45) is 17.4 Å². The smallest absolute Gasteiger partial charge is 0.237 e. The molecule has 80 valence electrons. The summed E-state index contributed by atoms with van der Waals surface area (Å²) in [5, 5.41) is 2.78. The van der Waals surface area contributed by atoms with Crippen molar-refractivity contribution in [3.63, 3.8) is 0 Å². The third kappa shape index (κ3) is 2.99. The molecule has 0 saturated heterocycles. The van der Waals surface area contributed by atoms with Crippen molar-refractivity contribution < 1.29 is 9.59 Å². The molecule has 1 unspecified atom stereocenters. The van der Waals surface area contributed by atoms with Gasteiger partial charge in [0.1, 0.15) is 0 Å². The van der Waals surface area contributed by atoms with Crippen molar-refractivity contribution in [2.45, 2.75) is 38.3 Å². The minimum Gasteiger partial charge on any atom is -0.370 e. The van der Waals surface area contributed by atoms with Gasteiger partial charge in [-0.05, 0) is 18.8 Å². The molecule has 1 saturated carbocycles. The Balaban J connectivity index is 2.24. The van der Waals surface area contributed by atoms with E-state index in [9.17, 15) is 9.59 Å². The van der Waals surface area contributed by atoms with Gasteiger partial charge in [-0.15, -0.1) is 0 Å². The van der Waals surface area contributed by atoms with Gasteiger partial charge in [-0.2, -0.15) is 0 Å². The summed E-state index contributed by atoms with van der Waals surface area (Å²) in [5.41, 5.74) is 10.4. The first kappa shape index (κ1) is 11.0. The number of primary amides is 1. The Bertz CT molecular complexity index is 236. The van der Waals surface area contributed by atoms with Crippen LogP contribution in [0.15, 0.2) is 0 Å². The number of carbonyl (C=O) groups is 2. The molecule has 14 heavy (non-hydrogen) atoms. The predicted octanol–water partition coefficient (Wildman–Crippen LogP) is -0.896. The van der Waals surface area contributed by atoms with Crippen molar-refractivity contribution in [2.75, 3.05) is 0 Å². The Morgan fingerprint density at radius 2 is 2.07 bits per heavy atom. The highest BCUT2D eigenvalue weighted by molar-refractivity contribution is 5.87. The highest BCUT2D eigenvalue weighted by atomic mass is 16.2. The van der Waals surface area contributed by atoms with Crippen molar-refractivity contribution in [3.8, 4) is 0 Å². The van der Waals surface area contributed by atoms with Gasteiger partial charge >= 0.3 is 0 Å². The summed E-state index contributed by atoms with van der Waals surface area (Å²) < 4.78 is 0. The predicted molar refractivity (Wildman–Crippen MR) is 52.1 cm³/mol. The van der Waals surface area contributed by atoms with Crippen LogP contribution >= 0.6 is 0 Å². The molecule has 0 aromatic carbocycles. The second-order valence-electron chi connectivity index (χ2n) is 4.06. The van der Waals surface area contributed by atoms with E-state index in [2.05, 4.69) is 12.2 Å². The third-order valence-electron chi connectivity index (χ3n) is 2.48. The lowest BCUT2D eigenvalue weighted by molar-refractivity contribution is -0.127. The number of nitrogens with two attached hydrogens (primary N) is 2. The minimum atomic E-state index is -0.802. The number of hydrogen-bond acceptors (Lipinski definition) is 3. The Morgan fingerprint density at radius 1 is 1.50 bits per heavy atom. The second-order valence-corrected chi connectivity index (χ2v) is 4.06. The van der Waals surface area contributed by atoms with Crippen LogP contribution in [0.2, 0.25) is 0 Å². The zero-order chi connectivity index (χ0) is 10.7. The van der Waals surface area contributed by atoms with Crippen LogP contribution < -0.4 is 16.8 Å². The summed E-state index contributed by atoms with van der Waals surface area (Å²) in [6.07, 6.45) is 1.90. The van der Waals surface area contributed by atoms with Gasteiger partial charge in [0.15, 0.2) is 0 Å². The lowest BCUT2D eigenvalue weighted by atomic mass is 9.82. The van der Waals surface area contributed by atoms with Crippen molar-refractivity contribution >= 4 is 11.8 Å². The summed E-state index contributed by atoms with van der Waals surface area (Å²) in [6, 6.07) is -0.570. The summed E-state index contributed by atoms with van der Waals surface area (Å²) in [5.74, 6) is -0.150. The number of rotatable bonds is 4. The molecule has 1 aliphatic carbocycles. The standard InChI is InChI=1S/C9H17N3O2/c1-5-2-6(3-5)12-9(14)7(10)4-8(11)13/h5-7H,2-4,10H2,1H3,(H2,11,13)(H,12,14). The fourth-order valence-electron chi connectivity index (χ4n) is 1.64. The number of amides is 2. The summed E-state index contributed by atoms with van der Waals surface area (Å²) in [7, 11) is 0. The van der Waals surface area contributed by atoms with Crippen LogP contribution in [0.3, 0.4) is 0 Å². The first-order valence-electron chi connectivity index (χ1n) is 4.83. The Morgan fingerprint density at radius 3 is 2.50 bits per heavy atom. The van der Waals surface area contributed by atoms with Gasteiger partial charge in [0.25, 0.3) is 0 Å². The third-order valence-corrected chi connectivity index (χ3v) is 2.48. The first-order valence-corrected chi connectivity index (χ1v) is 4.83. The van der Waals surface area contributed by atoms with Crippen LogP contribution in [0.4, 0.5) is 0 Å². The number of carbonyl (C=O) groups excluding carboxylic acids is 2. The van der Waals surface area contributed by atoms with Crippen LogP contribution in [0.25, 0.3) is 0 Å². The molecule has 1 rings (SSSR count). The SMILES string of the molecule is CC1CC(NC(=O)C(N)CC(N)=O)C1. The molecule has 0 bridgehead atoms. The topological polar surface area (TPSA) is 98.2 Å². The summed E-state index contributed by atoms with van der Waals surface area (Å²) in [4.78, 5) is 21.8. The zero-order valence-corrected chi connectivity index (χ0v) is 8.32. The molecular formula is C9H17N3O2. The van der Waals surface area contributed by atoms with E-state index in [1.165, 1.54) is 0 Å². The summed E-state index contributed by atoms with van der Waals surface area (Å²) >= 11 is 0. The molecular weight excluding hydrogens is 182 g/mol. The lowest BCUT2D eigenvalue weighted by Crippen LogP contribution is -2.50. The van der Waals surface area contributed by atoms with E-state index in [1.54, 1.807) is 0 Å². The van der Waals surface area contributed by atoms with Crippen LogP contribution in [-0.4, -0.2) is 23.9 Å². The van der Waals surface area contributed by atoms with Crippen LogP contribution in [0.1, 0.15) is 26.2 Å². The maximum Gasteiger partial charge on any atom is 0.237 e. The number of nitrogens with one attached hydrogen (secondary N) is 1. The molecule has 5 heteroatoms. The van der Waals surface area contributed by atoms with Crippen LogP contribution in [0.5, 0.6) is 0 Å². The normalized spacial score (nSPS) is 27.6. The molecule has 0 spiro atoms. The van der Waals surface area contributed by atoms with Crippen LogP contribution in [-0.2, 0) is 9.59 Å². The van der Waals surface area contributed by atoms with E-state index < -0.39 is 11.9 Å². The molecule has 1 atom stereocenters. The second kappa shape index (κ2) is 4.41. The summed E-state index contributed by atoms with van der Waals surface area (Å²) in [6.45, 7) is 2.13. The maximum absolute atomic E-state index is 11.3. The minimum absolute atomic E-state index is 0.0892. The van der Waals surface area contributed by atoms with Gasteiger partial charge in [-0.1, -0.05) is 6.92 Å². The molecule has 1 fully saturated rings. The van der Waals surface area contributed by atoms with Gasteiger partial charge in [0, 0.05) is 6.04 Å². The maximum atomic E-state index is 11.3. The Kier molecular flexibility index (Phi) is 3.46. The molecule has 1 aliphatic rings. The molecule has 5 N–H and O–H groups in total. The fraction of sp³-hybridized carbons (Fsp3) is 0.778. The van der Waals surface area contributed by atoms with E-state index in [-0.39, 0.29) is 18.4 Å². The van der Waals surface area contributed by atoms with Gasteiger partial charge in [0.2, 0.25) is 11.8 Å². The van der Waals surface area contributed by atoms with Gasteiger partial charge in [-0.25, -0.2) is 0 Å². The highest BCUT2D eigenvalue weighted by Crippen LogP contribution is 2.26. The van der Waals surface area contributed by atoms with E-state index in [1.807, 2.05) is 0 Å². The fourth-order valence-corrected chi connectivity index (χ4v) is 1.64. The monoisotopic (exact) mass is 199 g/mol. The molecule has 5 nitrogen and oxygen atoms in total. The van der Waals surface area contributed by atoms with Crippen molar-refractivity contribution in [1.29, 1.82) is 0 Å². The first-order chi connectivity index (χ1) is 6.49. The molecule has 0 aromatic heterocycles. The molecule has 2 amide bonds. The Labute approximate surface area is 83.2 Å². The van der Waals surface area contributed by atoms with E-state index >= 15 is 0 Å². The van der Waals surface area contributed by atoms with E-state index in [4.69, 9.17) is 11.5 Å². The largest absolute Gasteiger partial charge is 0.370 e. The Hall–Kier alpha value is -1.10. The quantitative estimate of drug-likeness (QED) is 0.547. The molecule has 0 radical (unpaired) electrons. The highest BCUT2D eigenvalue weighted by Gasteiger charge is 2.28.